The lowest BCUT2D eigenvalue weighted by molar-refractivity contribution is -0.117. The van der Waals surface area contributed by atoms with Gasteiger partial charge in [-0.1, -0.05) is 29.8 Å². The highest BCUT2D eigenvalue weighted by Crippen LogP contribution is 2.31. The summed E-state index contributed by atoms with van der Waals surface area (Å²) in [6.07, 6.45) is 1.72. The Labute approximate surface area is 169 Å². The summed E-state index contributed by atoms with van der Waals surface area (Å²) < 4.78 is 0. The Morgan fingerprint density at radius 2 is 1.85 bits per heavy atom. The molecule has 3 rings (SSSR count). The zero-order valence-corrected chi connectivity index (χ0v) is 16.3. The number of hydrogen-bond acceptors (Lipinski definition) is 3. The molecule has 2 aromatic rings. The van der Waals surface area contributed by atoms with Crippen LogP contribution < -0.4 is 21.3 Å². The number of nitrogens with one attached hydrogen (secondary N) is 2. The number of urea groups is 1. The third-order valence-electron chi connectivity index (χ3n) is 4.35. The van der Waals surface area contributed by atoms with E-state index in [1.807, 2.05) is 30.3 Å². The number of rotatable bonds is 4. The van der Waals surface area contributed by atoms with Gasteiger partial charge in [-0.2, -0.15) is 0 Å². The maximum Gasteiger partial charge on any atom is 0.315 e. The molecule has 2 aromatic carbocycles. The number of carbonyl (C=O) groups excluding carboxylic acids is 2. The Bertz CT molecular complexity index is 812. The highest BCUT2D eigenvalue weighted by molar-refractivity contribution is 6.30. The summed E-state index contributed by atoms with van der Waals surface area (Å²) in [4.78, 5) is 26.1. The number of nitrogen functional groups attached to an aromatic ring is 1. The van der Waals surface area contributed by atoms with E-state index in [0.29, 0.717) is 23.8 Å². The summed E-state index contributed by atoms with van der Waals surface area (Å²) in [5.41, 5.74) is 9.47. The molecule has 0 saturated heterocycles. The highest BCUT2D eigenvalue weighted by atomic mass is 35.5. The van der Waals surface area contributed by atoms with Gasteiger partial charge in [0.15, 0.2) is 0 Å². The van der Waals surface area contributed by atoms with Crippen molar-refractivity contribution >= 4 is 47.3 Å². The van der Waals surface area contributed by atoms with Crippen LogP contribution in [0.25, 0.3) is 0 Å². The Balaban J connectivity index is 0.00000261. The summed E-state index contributed by atoms with van der Waals surface area (Å²) in [7, 11) is 0. The van der Waals surface area contributed by atoms with Crippen LogP contribution in [-0.4, -0.2) is 25.0 Å². The molecule has 0 atom stereocenters. The summed E-state index contributed by atoms with van der Waals surface area (Å²) in [5, 5.41) is 5.97. The van der Waals surface area contributed by atoms with Crippen molar-refractivity contribution in [2.24, 2.45) is 0 Å². The Kier molecular flexibility index (Phi) is 7.33. The quantitative estimate of drug-likeness (QED) is 0.679. The summed E-state index contributed by atoms with van der Waals surface area (Å²) >= 11 is 5.83. The molecule has 0 radical (unpaired) electrons. The van der Waals surface area contributed by atoms with E-state index < -0.39 is 6.03 Å². The fraction of sp³-hybridized carbons (Fsp3) is 0.263. The predicted octanol–water partition coefficient (Wildman–Crippen LogP) is 3.12. The second-order valence-electron chi connectivity index (χ2n) is 6.16. The van der Waals surface area contributed by atoms with Crippen LogP contribution in [0.1, 0.15) is 17.5 Å². The van der Waals surface area contributed by atoms with Gasteiger partial charge in [0.1, 0.15) is 0 Å². The standard InChI is InChI=1S/C19H21ClN4O2.ClH/c20-14-8-6-13(7-9-14)11-22-19(26)23-12-18(25)24-10-2-3-15-16(21)4-1-5-17(15)24;/h1,4-9H,2-3,10-12,21H2,(H2,22,23,26);1H. The first-order valence-electron chi connectivity index (χ1n) is 8.48. The number of amides is 3. The largest absolute Gasteiger partial charge is 0.398 e. The van der Waals surface area contributed by atoms with E-state index in [9.17, 15) is 9.59 Å². The number of benzene rings is 2. The fourth-order valence-electron chi connectivity index (χ4n) is 3.01. The maximum absolute atomic E-state index is 12.5. The molecule has 144 valence electrons. The van der Waals surface area contributed by atoms with Crippen LogP contribution in [0.4, 0.5) is 16.2 Å². The lowest BCUT2D eigenvalue weighted by atomic mass is 10.00. The van der Waals surface area contributed by atoms with E-state index in [-0.39, 0.29) is 24.9 Å². The van der Waals surface area contributed by atoms with Gasteiger partial charge in [0, 0.05) is 29.5 Å². The minimum absolute atomic E-state index is 0. The Morgan fingerprint density at radius 3 is 2.59 bits per heavy atom. The van der Waals surface area contributed by atoms with Gasteiger partial charge in [0.05, 0.1) is 6.54 Å². The lowest BCUT2D eigenvalue weighted by Gasteiger charge is -2.30. The molecule has 1 aliphatic rings. The zero-order chi connectivity index (χ0) is 18.5. The van der Waals surface area contributed by atoms with Crippen LogP contribution in [0.15, 0.2) is 42.5 Å². The van der Waals surface area contributed by atoms with Crippen LogP contribution in [0.2, 0.25) is 5.02 Å². The molecule has 0 aliphatic carbocycles. The van der Waals surface area contributed by atoms with Gasteiger partial charge < -0.3 is 21.3 Å². The second kappa shape index (κ2) is 9.48. The lowest BCUT2D eigenvalue weighted by Crippen LogP contribution is -2.45. The molecule has 0 spiro atoms. The SMILES string of the molecule is Cl.Nc1cccc2c1CCCN2C(=O)CNC(=O)NCc1ccc(Cl)cc1. The van der Waals surface area contributed by atoms with Crippen LogP contribution in [-0.2, 0) is 17.8 Å². The molecule has 0 saturated carbocycles. The minimum atomic E-state index is -0.391. The van der Waals surface area contributed by atoms with Gasteiger partial charge in [-0.05, 0) is 48.2 Å². The number of carbonyl (C=O) groups is 2. The molecule has 8 heteroatoms. The number of hydrogen-bond donors (Lipinski definition) is 3. The van der Waals surface area contributed by atoms with Crippen LogP contribution >= 0.6 is 24.0 Å². The van der Waals surface area contributed by atoms with Gasteiger partial charge in [0.2, 0.25) is 5.91 Å². The topological polar surface area (TPSA) is 87.5 Å². The number of fused-ring (bicyclic) bond motifs is 1. The normalized spacial score (nSPS) is 12.6. The first-order valence-corrected chi connectivity index (χ1v) is 8.86. The fourth-order valence-corrected chi connectivity index (χ4v) is 3.14. The van der Waals surface area contributed by atoms with Gasteiger partial charge in [-0.15, -0.1) is 12.4 Å². The average Bonchev–Trinajstić information content (AvgIpc) is 2.65. The van der Waals surface area contributed by atoms with Crippen molar-refractivity contribution in [3.63, 3.8) is 0 Å². The van der Waals surface area contributed by atoms with Crippen molar-refractivity contribution in [2.75, 3.05) is 23.7 Å². The molecule has 6 nitrogen and oxygen atoms in total. The summed E-state index contributed by atoms with van der Waals surface area (Å²) in [6.45, 7) is 0.921. The van der Waals surface area contributed by atoms with Crippen molar-refractivity contribution in [1.29, 1.82) is 0 Å². The molecule has 27 heavy (non-hydrogen) atoms. The molecule has 0 unspecified atom stereocenters. The van der Waals surface area contributed by atoms with Crippen LogP contribution in [0, 0.1) is 0 Å². The Hall–Kier alpha value is -2.44. The second-order valence-corrected chi connectivity index (χ2v) is 6.59. The van der Waals surface area contributed by atoms with E-state index in [1.54, 1.807) is 17.0 Å². The number of halogens is 2. The van der Waals surface area contributed by atoms with Gasteiger partial charge in [0.25, 0.3) is 0 Å². The minimum Gasteiger partial charge on any atom is -0.398 e. The predicted molar refractivity (Wildman–Crippen MR) is 110 cm³/mol. The average molecular weight is 409 g/mol. The number of anilines is 2. The van der Waals surface area contributed by atoms with E-state index in [0.717, 1.165) is 29.7 Å². The number of nitrogens with two attached hydrogens (primary N) is 1. The summed E-state index contributed by atoms with van der Waals surface area (Å²) in [5.74, 6) is -0.154. The van der Waals surface area contributed by atoms with Gasteiger partial charge in [-0.25, -0.2) is 4.79 Å². The van der Waals surface area contributed by atoms with Crippen LogP contribution in [0.5, 0.6) is 0 Å². The van der Waals surface area contributed by atoms with E-state index in [1.165, 1.54) is 0 Å². The first kappa shape index (κ1) is 20.9. The monoisotopic (exact) mass is 408 g/mol. The van der Waals surface area contributed by atoms with E-state index in [4.69, 9.17) is 17.3 Å². The van der Waals surface area contributed by atoms with Crippen molar-refractivity contribution in [3.8, 4) is 0 Å². The Morgan fingerprint density at radius 1 is 1.11 bits per heavy atom. The van der Waals surface area contributed by atoms with E-state index >= 15 is 0 Å². The van der Waals surface area contributed by atoms with Crippen LogP contribution in [0.3, 0.4) is 0 Å². The molecule has 4 N–H and O–H groups in total. The summed E-state index contributed by atoms with van der Waals surface area (Å²) in [6, 6.07) is 12.4. The molecule has 1 heterocycles. The van der Waals surface area contributed by atoms with Crippen molar-refractivity contribution in [2.45, 2.75) is 19.4 Å². The molecular formula is C19H22Cl2N4O2. The molecule has 0 fully saturated rings. The molecule has 0 aromatic heterocycles. The first-order chi connectivity index (χ1) is 12.5. The molecule has 3 amide bonds. The third-order valence-corrected chi connectivity index (χ3v) is 4.61. The highest BCUT2D eigenvalue weighted by Gasteiger charge is 2.23. The molecular weight excluding hydrogens is 387 g/mol. The van der Waals surface area contributed by atoms with Crippen molar-refractivity contribution in [3.05, 3.63) is 58.6 Å². The molecule has 1 aliphatic heterocycles. The van der Waals surface area contributed by atoms with E-state index in [2.05, 4.69) is 10.6 Å². The zero-order valence-electron chi connectivity index (χ0n) is 14.7. The smallest absolute Gasteiger partial charge is 0.315 e. The molecule has 0 bridgehead atoms. The van der Waals surface area contributed by atoms with Crippen molar-refractivity contribution < 1.29 is 9.59 Å². The number of nitrogens with zero attached hydrogens (tertiary/aromatic N) is 1. The van der Waals surface area contributed by atoms with Gasteiger partial charge in [-0.3, -0.25) is 4.79 Å². The van der Waals surface area contributed by atoms with Crippen molar-refractivity contribution in [1.82, 2.24) is 10.6 Å². The third kappa shape index (κ3) is 5.28. The maximum atomic E-state index is 12.5. The van der Waals surface area contributed by atoms with Gasteiger partial charge >= 0.3 is 6.03 Å².